The van der Waals surface area contributed by atoms with Gasteiger partial charge in [-0.25, -0.2) is 15.0 Å². The van der Waals surface area contributed by atoms with E-state index in [9.17, 15) is 4.79 Å². The number of hydrazine groups is 1. The third-order valence-electron chi connectivity index (χ3n) is 4.20. The van der Waals surface area contributed by atoms with Gasteiger partial charge in [-0.2, -0.15) is 4.40 Å². The zero-order valence-corrected chi connectivity index (χ0v) is 15.1. The predicted molar refractivity (Wildman–Crippen MR) is 91.0 cm³/mol. The number of carbonyl (C=O) groups excluding carboxylic acids is 1. The van der Waals surface area contributed by atoms with E-state index >= 15 is 0 Å². The molecule has 0 fully saturated rings. The molecule has 6 nitrogen and oxygen atoms in total. The summed E-state index contributed by atoms with van der Waals surface area (Å²) in [5.41, 5.74) is 5.63. The standard InChI is InChI=1S/C18H17N5O.BrH/c19-20-17(24)13-21-10-11-22-15-8-4-5-9-16(15)23(18(21)22)12-14-6-2-1-3-7-14;/h1-11H,12-13,19H2;1H. The number of amides is 1. The van der Waals surface area contributed by atoms with Gasteiger partial charge in [0.2, 0.25) is 0 Å². The molecule has 4 rings (SSSR count). The van der Waals surface area contributed by atoms with Gasteiger partial charge in [0.05, 0.1) is 12.7 Å². The summed E-state index contributed by atoms with van der Waals surface area (Å²) in [5.74, 6) is 5.96. The summed E-state index contributed by atoms with van der Waals surface area (Å²) in [7, 11) is 0. The topological polar surface area (TPSA) is 68.3 Å². The Bertz CT molecular complexity index is 1020. The number of para-hydroxylation sites is 2. The van der Waals surface area contributed by atoms with Crippen LogP contribution in [-0.4, -0.2) is 14.9 Å². The van der Waals surface area contributed by atoms with E-state index in [4.69, 9.17) is 5.84 Å². The van der Waals surface area contributed by atoms with E-state index < -0.39 is 0 Å². The molecule has 2 heterocycles. The van der Waals surface area contributed by atoms with Crippen LogP contribution in [0.2, 0.25) is 0 Å². The van der Waals surface area contributed by atoms with Crippen LogP contribution in [0.3, 0.4) is 0 Å². The van der Waals surface area contributed by atoms with E-state index in [-0.39, 0.29) is 29.4 Å². The van der Waals surface area contributed by atoms with Crippen molar-refractivity contribution in [1.29, 1.82) is 0 Å². The van der Waals surface area contributed by atoms with Crippen LogP contribution in [0.5, 0.6) is 0 Å². The van der Waals surface area contributed by atoms with Gasteiger partial charge in [0.25, 0.3) is 5.91 Å². The van der Waals surface area contributed by atoms with E-state index in [1.165, 1.54) is 5.56 Å². The summed E-state index contributed by atoms with van der Waals surface area (Å²) in [4.78, 5) is 11.7. The molecule has 0 aliphatic heterocycles. The van der Waals surface area contributed by atoms with Crippen LogP contribution >= 0.6 is 0 Å². The van der Waals surface area contributed by atoms with Crippen LogP contribution in [0.15, 0.2) is 67.0 Å². The van der Waals surface area contributed by atoms with Gasteiger partial charge in [-0.1, -0.05) is 42.5 Å². The Labute approximate surface area is 155 Å². The highest BCUT2D eigenvalue weighted by molar-refractivity contribution is 5.80. The zero-order valence-electron chi connectivity index (χ0n) is 13.5. The molecule has 0 aliphatic rings. The molecule has 25 heavy (non-hydrogen) atoms. The van der Waals surface area contributed by atoms with Crippen molar-refractivity contribution in [3.05, 3.63) is 72.6 Å². The zero-order chi connectivity index (χ0) is 16.5. The molecule has 2 aromatic heterocycles. The molecule has 1 amide bonds. The number of nitrogens with one attached hydrogen (secondary N) is 1. The Morgan fingerprint density at radius 3 is 2.44 bits per heavy atom. The molecule has 0 aliphatic carbocycles. The quantitative estimate of drug-likeness (QED) is 0.184. The maximum Gasteiger partial charge on any atom is 0.370 e. The van der Waals surface area contributed by atoms with Crippen molar-refractivity contribution in [2.45, 2.75) is 13.1 Å². The first kappa shape index (κ1) is 17.2. The average molecular weight is 400 g/mol. The summed E-state index contributed by atoms with van der Waals surface area (Å²) in [6, 6.07) is 18.5. The minimum Gasteiger partial charge on any atom is -1.00 e. The maximum absolute atomic E-state index is 11.7. The molecule has 7 heteroatoms. The van der Waals surface area contributed by atoms with Crippen molar-refractivity contribution in [1.82, 2.24) is 14.4 Å². The highest BCUT2D eigenvalue weighted by Crippen LogP contribution is 2.20. The highest BCUT2D eigenvalue weighted by Gasteiger charge is 2.23. The van der Waals surface area contributed by atoms with E-state index in [1.54, 1.807) is 0 Å². The first-order chi connectivity index (χ1) is 11.8. The Balaban J connectivity index is 0.00000182. The minimum atomic E-state index is -0.232. The Morgan fingerprint density at radius 2 is 1.72 bits per heavy atom. The van der Waals surface area contributed by atoms with Gasteiger partial charge in [0.15, 0.2) is 6.54 Å². The number of hydrogen-bond donors (Lipinski definition) is 2. The molecule has 0 spiro atoms. The lowest BCUT2D eigenvalue weighted by Gasteiger charge is -2.03. The normalized spacial score (nSPS) is 10.8. The van der Waals surface area contributed by atoms with Crippen LogP contribution in [0, 0.1) is 0 Å². The highest BCUT2D eigenvalue weighted by atomic mass is 79.9. The van der Waals surface area contributed by atoms with Gasteiger partial charge >= 0.3 is 5.78 Å². The lowest BCUT2D eigenvalue weighted by Crippen LogP contribution is -3.00. The number of nitrogens with two attached hydrogens (primary N) is 1. The molecular formula is C18H18BrN5O. The van der Waals surface area contributed by atoms with Crippen LogP contribution in [0.25, 0.3) is 16.8 Å². The molecule has 0 unspecified atom stereocenters. The predicted octanol–water partition coefficient (Wildman–Crippen LogP) is -1.78. The Hall–Kier alpha value is -2.64. The summed E-state index contributed by atoms with van der Waals surface area (Å²) in [6.07, 6.45) is 3.88. The SMILES string of the molecule is NNC(=O)C[n+]1ccn2c3ccccc3n(Cc3ccccc3)c21.[Br-]. The minimum absolute atomic E-state index is 0. The molecule has 3 N–H and O–H groups in total. The smallest absolute Gasteiger partial charge is 0.370 e. The van der Waals surface area contributed by atoms with E-state index in [1.807, 2.05) is 47.3 Å². The second-order valence-corrected chi connectivity index (χ2v) is 5.72. The fraction of sp³-hybridized carbons (Fsp3) is 0.111. The van der Waals surface area contributed by atoms with Crippen LogP contribution in [-0.2, 0) is 17.9 Å². The molecule has 0 saturated heterocycles. The summed E-state index contributed by atoms with van der Waals surface area (Å²) >= 11 is 0. The summed E-state index contributed by atoms with van der Waals surface area (Å²) in [6.45, 7) is 0.907. The maximum atomic E-state index is 11.7. The molecule has 0 saturated carbocycles. The summed E-state index contributed by atoms with van der Waals surface area (Å²) in [5, 5.41) is 0. The van der Waals surface area contributed by atoms with Crippen molar-refractivity contribution < 1.29 is 26.3 Å². The number of benzene rings is 2. The van der Waals surface area contributed by atoms with E-state index in [2.05, 4.69) is 38.7 Å². The molecule has 0 bridgehead atoms. The number of nitrogens with zero attached hydrogens (tertiary/aromatic N) is 3. The lowest BCUT2D eigenvalue weighted by atomic mass is 10.2. The molecule has 0 atom stereocenters. The van der Waals surface area contributed by atoms with Crippen LogP contribution < -0.4 is 32.8 Å². The number of imidazole rings is 2. The number of carbonyl (C=O) groups is 1. The fourth-order valence-corrected chi connectivity index (χ4v) is 3.14. The molecule has 128 valence electrons. The van der Waals surface area contributed by atoms with Crippen molar-refractivity contribution in [3.8, 4) is 0 Å². The van der Waals surface area contributed by atoms with Gasteiger partial charge in [0.1, 0.15) is 17.2 Å². The van der Waals surface area contributed by atoms with Gasteiger partial charge in [0, 0.05) is 0 Å². The molecule has 0 radical (unpaired) electrons. The van der Waals surface area contributed by atoms with Gasteiger partial charge < -0.3 is 17.0 Å². The lowest BCUT2D eigenvalue weighted by molar-refractivity contribution is -0.660. The summed E-state index contributed by atoms with van der Waals surface area (Å²) < 4.78 is 6.22. The third kappa shape index (κ3) is 3.04. The fourth-order valence-electron chi connectivity index (χ4n) is 3.14. The Kier molecular flexibility index (Phi) is 4.87. The number of rotatable bonds is 4. The number of aromatic nitrogens is 3. The van der Waals surface area contributed by atoms with Gasteiger partial charge in [-0.3, -0.25) is 10.2 Å². The van der Waals surface area contributed by atoms with E-state index in [0.29, 0.717) is 0 Å². The number of fused-ring (bicyclic) bond motifs is 3. The Morgan fingerprint density at radius 1 is 1.04 bits per heavy atom. The largest absolute Gasteiger partial charge is 1.00 e. The monoisotopic (exact) mass is 399 g/mol. The number of halogens is 1. The second-order valence-electron chi connectivity index (χ2n) is 5.72. The van der Waals surface area contributed by atoms with E-state index in [0.717, 1.165) is 23.4 Å². The molecule has 2 aromatic carbocycles. The van der Waals surface area contributed by atoms with Crippen molar-refractivity contribution in [3.63, 3.8) is 0 Å². The van der Waals surface area contributed by atoms with Crippen molar-refractivity contribution in [2.24, 2.45) is 5.84 Å². The van der Waals surface area contributed by atoms with Crippen LogP contribution in [0.1, 0.15) is 5.56 Å². The van der Waals surface area contributed by atoms with Gasteiger partial charge in [-0.15, -0.1) is 0 Å². The van der Waals surface area contributed by atoms with Crippen LogP contribution in [0.4, 0.5) is 0 Å². The first-order valence-electron chi connectivity index (χ1n) is 7.79. The third-order valence-corrected chi connectivity index (χ3v) is 4.20. The molecule has 4 aromatic rings. The first-order valence-corrected chi connectivity index (χ1v) is 7.79. The number of hydrogen-bond acceptors (Lipinski definition) is 2. The second kappa shape index (κ2) is 7.08. The van der Waals surface area contributed by atoms with Crippen molar-refractivity contribution in [2.75, 3.05) is 0 Å². The van der Waals surface area contributed by atoms with Gasteiger partial charge in [-0.05, 0) is 17.7 Å². The average Bonchev–Trinajstić information content (AvgIpc) is 3.16. The van der Waals surface area contributed by atoms with Crippen molar-refractivity contribution >= 4 is 22.7 Å². The molecular weight excluding hydrogens is 382 g/mol.